The third-order valence-corrected chi connectivity index (χ3v) is 4.82. The second kappa shape index (κ2) is 5.82. The van der Waals surface area contributed by atoms with E-state index in [-0.39, 0.29) is 0 Å². The van der Waals surface area contributed by atoms with Crippen LogP contribution in [0, 0.1) is 5.41 Å². The maximum atomic E-state index is 6.07. The molecule has 0 radical (unpaired) electrons. The summed E-state index contributed by atoms with van der Waals surface area (Å²) in [6.07, 6.45) is 4.50. The zero-order valence-electron chi connectivity index (χ0n) is 12.8. The smallest absolute Gasteiger partial charge is 0.0622 e. The zero-order chi connectivity index (χ0) is 14.8. The van der Waals surface area contributed by atoms with E-state index in [1.54, 1.807) is 0 Å². The summed E-state index contributed by atoms with van der Waals surface area (Å²) in [6.45, 7) is 4.18. The highest BCUT2D eigenvalue weighted by Gasteiger charge is 2.48. The molecule has 0 amide bonds. The SMILES string of the molecule is c1ccc(C[C@H]2CC3(CO2)CN(Cc2ccccn2)C3)cc1. The minimum Gasteiger partial charge on any atom is -0.377 e. The molecule has 4 rings (SSSR count). The quantitative estimate of drug-likeness (QED) is 0.867. The van der Waals surface area contributed by atoms with Crippen LogP contribution in [-0.4, -0.2) is 35.7 Å². The van der Waals surface area contributed by atoms with Crippen LogP contribution in [0.4, 0.5) is 0 Å². The van der Waals surface area contributed by atoms with Crippen molar-refractivity contribution in [3.8, 4) is 0 Å². The molecule has 2 aliphatic rings. The number of aromatic nitrogens is 1. The van der Waals surface area contributed by atoms with Gasteiger partial charge >= 0.3 is 0 Å². The summed E-state index contributed by atoms with van der Waals surface area (Å²) in [5.74, 6) is 0. The summed E-state index contributed by atoms with van der Waals surface area (Å²) < 4.78 is 6.07. The maximum absolute atomic E-state index is 6.07. The molecule has 0 N–H and O–H groups in total. The number of benzene rings is 1. The first kappa shape index (κ1) is 13.9. The molecule has 114 valence electrons. The first-order valence-corrected chi connectivity index (χ1v) is 8.09. The van der Waals surface area contributed by atoms with Gasteiger partial charge in [0.05, 0.1) is 18.4 Å². The molecule has 22 heavy (non-hydrogen) atoms. The van der Waals surface area contributed by atoms with Crippen LogP contribution in [0.5, 0.6) is 0 Å². The Balaban J connectivity index is 1.29. The first-order chi connectivity index (χ1) is 10.8. The van der Waals surface area contributed by atoms with E-state index < -0.39 is 0 Å². The van der Waals surface area contributed by atoms with Gasteiger partial charge in [-0.05, 0) is 30.5 Å². The Bertz CT molecular complexity index is 608. The Morgan fingerprint density at radius 3 is 2.68 bits per heavy atom. The van der Waals surface area contributed by atoms with Gasteiger partial charge in [0.1, 0.15) is 0 Å². The minimum atomic E-state index is 0.388. The van der Waals surface area contributed by atoms with Gasteiger partial charge in [-0.25, -0.2) is 0 Å². The predicted octanol–water partition coefficient (Wildman–Crippen LogP) is 2.92. The van der Waals surface area contributed by atoms with Crippen molar-refractivity contribution in [2.75, 3.05) is 19.7 Å². The average molecular weight is 294 g/mol. The van der Waals surface area contributed by atoms with Crippen LogP contribution in [-0.2, 0) is 17.7 Å². The second-order valence-corrected chi connectivity index (χ2v) is 6.79. The topological polar surface area (TPSA) is 25.4 Å². The number of likely N-dealkylation sites (tertiary alicyclic amines) is 1. The van der Waals surface area contributed by atoms with Crippen molar-refractivity contribution in [1.82, 2.24) is 9.88 Å². The standard InChI is InChI=1S/C19H22N2O/c1-2-6-16(7-3-1)10-18-11-19(15-22-18)13-21(14-19)12-17-8-4-5-9-20-17/h1-9,18H,10-15H2/t18-/m0/s1. The fourth-order valence-corrected chi connectivity index (χ4v) is 3.86. The van der Waals surface area contributed by atoms with Crippen molar-refractivity contribution in [2.45, 2.75) is 25.5 Å². The van der Waals surface area contributed by atoms with Crippen molar-refractivity contribution in [3.63, 3.8) is 0 Å². The summed E-state index contributed by atoms with van der Waals surface area (Å²) in [4.78, 5) is 6.90. The molecule has 3 heteroatoms. The number of hydrogen-bond acceptors (Lipinski definition) is 3. The van der Waals surface area contributed by atoms with E-state index in [1.165, 1.54) is 12.0 Å². The molecule has 3 nitrogen and oxygen atoms in total. The molecule has 2 saturated heterocycles. The lowest BCUT2D eigenvalue weighted by Crippen LogP contribution is -2.56. The van der Waals surface area contributed by atoms with Gasteiger partial charge in [0.2, 0.25) is 0 Å². The fourth-order valence-electron chi connectivity index (χ4n) is 3.86. The molecular formula is C19H22N2O. The third kappa shape index (κ3) is 2.92. The molecule has 1 aromatic heterocycles. The van der Waals surface area contributed by atoms with Crippen LogP contribution < -0.4 is 0 Å². The van der Waals surface area contributed by atoms with Crippen LogP contribution in [0.2, 0.25) is 0 Å². The Morgan fingerprint density at radius 1 is 1.09 bits per heavy atom. The highest BCUT2D eigenvalue weighted by Crippen LogP contribution is 2.42. The summed E-state index contributed by atoms with van der Waals surface area (Å²) in [7, 11) is 0. The Morgan fingerprint density at radius 2 is 1.91 bits per heavy atom. The molecule has 0 unspecified atom stereocenters. The predicted molar refractivity (Wildman–Crippen MR) is 86.5 cm³/mol. The van der Waals surface area contributed by atoms with E-state index >= 15 is 0 Å². The zero-order valence-corrected chi connectivity index (χ0v) is 12.8. The maximum Gasteiger partial charge on any atom is 0.0622 e. The first-order valence-electron chi connectivity index (χ1n) is 8.09. The lowest BCUT2D eigenvalue weighted by atomic mass is 9.77. The second-order valence-electron chi connectivity index (χ2n) is 6.79. The van der Waals surface area contributed by atoms with E-state index in [0.29, 0.717) is 11.5 Å². The molecular weight excluding hydrogens is 272 g/mol. The normalized spacial score (nSPS) is 23.5. The minimum absolute atomic E-state index is 0.388. The summed E-state index contributed by atoms with van der Waals surface area (Å²) in [6, 6.07) is 16.8. The van der Waals surface area contributed by atoms with E-state index in [1.807, 2.05) is 12.3 Å². The molecule has 2 aliphatic heterocycles. The number of nitrogens with zero attached hydrogens (tertiary/aromatic N) is 2. The number of rotatable bonds is 4. The van der Waals surface area contributed by atoms with Gasteiger partial charge in [0.25, 0.3) is 0 Å². The largest absolute Gasteiger partial charge is 0.377 e. The number of hydrogen-bond donors (Lipinski definition) is 0. The fraction of sp³-hybridized carbons (Fsp3) is 0.421. The van der Waals surface area contributed by atoms with Gasteiger partial charge < -0.3 is 4.74 Å². The van der Waals surface area contributed by atoms with Crippen LogP contribution in [0.3, 0.4) is 0 Å². The van der Waals surface area contributed by atoms with Gasteiger partial charge in [0, 0.05) is 31.2 Å². The Labute approximate surface area is 131 Å². The third-order valence-electron chi connectivity index (χ3n) is 4.82. The van der Waals surface area contributed by atoms with Crippen molar-refractivity contribution in [1.29, 1.82) is 0 Å². The Hall–Kier alpha value is -1.71. The molecule has 1 atom stereocenters. The lowest BCUT2D eigenvalue weighted by molar-refractivity contribution is -0.0147. The number of ether oxygens (including phenoxy) is 1. The molecule has 3 heterocycles. The van der Waals surface area contributed by atoms with Crippen molar-refractivity contribution in [2.24, 2.45) is 5.41 Å². The van der Waals surface area contributed by atoms with Gasteiger partial charge in [0.15, 0.2) is 0 Å². The molecule has 1 aromatic carbocycles. The van der Waals surface area contributed by atoms with Gasteiger partial charge in [-0.2, -0.15) is 0 Å². The highest BCUT2D eigenvalue weighted by molar-refractivity contribution is 5.16. The summed E-state index contributed by atoms with van der Waals surface area (Å²) in [5, 5.41) is 0. The van der Waals surface area contributed by atoms with Crippen molar-refractivity contribution in [3.05, 3.63) is 66.0 Å². The monoisotopic (exact) mass is 294 g/mol. The van der Waals surface area contributed by atoms with Crippen LogP contribution in [0.25, 0.3) is 0 Å². The van der Waals surface area contributed by atoms with Gasteiger partial charge in [-0.15, -0.1) is 0 Å². The summed E-state index contributed by atoms with van der Waals surface area (Å²) in [5.41, 5.74) is 2.94. The Kier molecular flexibility index (Phi) is 3.68. The molecule has 1 spiro atoms. The van der Waals surface area contributed by atoms with Crippen LogP contribution >= 0.6 is 0 Å². The van der Waals surface area contributed by atoms with E-state index in [4.69, 9.17) is 4.74 Å². The van der Waals surface area contributed by atoms with Crippen molar-refractivity contribution >= 4 is 0 Å². The highest BCUT2D eigenvalue weighted by atomic mass is 16.5. The number of pyridine rings is 1. The van der Waals surface area contributed by atoms with Crippen molar-refractivity contribution < 1.29 is 4.74 Å². The molecule has 0 bridgehead atoms. The molecule has 2 aromatic rings. The summed E-state index contributed by atoms with van der Waals surface area (Å²) >= 11 is 0. The van der Waals surface area contributed by atoms with Crippen LogP contribution in [0.1, 0.15) is 17.7 Å². The van der Waals surface area contributed by atoms with E-state index in [2.05, 4.69) is 52.3 Å². The molecule has 2 fully saturated rings. The molecule has 0 saturated carbocycles. The lowest BCUT2D eigenvalue weighted by Gasteiger charge is -2.47. The van der Waals surface area contributed by atoms with Gasteiger partial charge in [-0.1, -0.05) is 36.4 Å². The van der Waals surface area contributed by atoms with Gasteiger partial charge in [-0.3, -0.25) is 9.88 Å². The van der Waals surface area contributed by atoms with Crippen LogP contribution in [0.15, 0.2) is 54.7 Å². The molecule has 0 aliphatic carbocycles. The average Bonchev–Trinajstić information content (AvgIpc) is 2.93. The van der Waals surface area contributed by atoms with E-state index in [0.717, 1.165) is 38.4 Å². The van der Waals surface area contributed by atoms with E-state index in [9.17, 15) is 0 Å².